The van der Waals surface area contributed by atoms with Crippen LogP contribution in [0, 0.1) is 6.92 Å². The number of hydrogen-bond acceptors (Lipinski definition) is 6. The van der Waals surface area contributed by atoms with Crippen LogP contribution in [0.25, 0.3) is 0 Å². The van der Waals surface area contributed by atoms with Gasteiger partial charge in [0.2, 0.25) is 0 Å². The van der Waals surface area contributed by atoms with E-state index in [0.717, 1.165) is 5.56 Å². The van der Waals surface area contributed by atoms with Crippen LogP contribution in [0.4, 0.5) is 0 Å². The molecule has 6 nitrogen and oxygen atoms in total. The molecular weight excluding hydrogens is 324 g/mol. The fourth-order valence-corrected chi connectivity index (χ4v) is 1.97. The van der Waals surface area contributed by atoms with Gasteiger partial charge in [0.05, 0.1) is 12.2 Å². The molecule has 0 aliphatic heterocycles. The number of ether oxygens (including phenoxy) is 4. The number of carbonyl (C=O) groups is 2. The van der Waals surface area contributed by atoms with Crippen LogP contribution in [0.3, 0.4) is 0 Å². The fourth-order valence-electron chi connectivity index (χ4n) is 1.97. The second-order valence-electron chi connectivity index (χ2n) is 5.23. The lowest BCUT2D eigenvalue weighted by atomic mass is 10.2. The van der Waals surface area contributed by atoms with E-state index < -0.39 is 11.9 Å². The van der Waals surface area contributed by atoms with E-state index in [0.29, 0.717) is 23.7 Å². The first-order chi connectivity index (χ1) is 12.1. The van der Waals surface area contributed by atoms with Gasteiger partial charge in [0.1, 0.15) is 18.1 Å². The van der Waals surface area contributed by atoms with Gasteiger partial charge in [-0.3, -0.25) is 0 Å². The van der Waals surface area contributed by atoms with Gasteiger partial charge in [-0.25, -0.2) is 9.59 Å². The first kappa shape index (κ1) is 18.5. The van der Waals surface area contributed by atoms with Gasteiger partial charge in [-0.2, -0.15) is 0 Å². The van der Waals surface area contributed by atoms with E-state index in [1.165, 1.54) is 31.4 Å². The highest BCUT2D eigenvalue weighted by atomic mass is 16.6. The molecule has 132 valence electrons. The standard InChI is InChI=1S/C19H20O6/c1-14-4-3-5-17(12-14)24-13-18(20)25-16-8-6-15(7-9-16)19(21)23-11-10-22-2/h3-9,12H,10-11,13H2,1-2H3. The molecule has 0 spiro atoms. The largest absolute Gasteiger partial charge is 0.482 e. The molecule has 0 radical (unpaired) electrons. The van der Waals surface area contributed by atoms with E-state index in [1.54, 1.807) is 6.07 Å². The molecule has 0 atom stereocenters. The summed E-state index contributed by atoms with van der Waals surface area (Å²) in [6, 6.07) is 13.5. The summed E-state index contributed by atoms with van der Waals surface area (Å²) >= 11 is 0. The molecule has 0 unspecified atom stereocenters. The van der Waals surface area contributed by atoms with E-state index in [1.807, 2.05) is 25.1 Å². The topological polar surface area (TPSA) is 71.1 Å². The molecule has 2 aromatic carbocycles. The van der Waals surface area contributed by atoms with E-state index >= 15 is 0 Å². The molecule has 0 N–H and O–H groups in total. The van der Waals surface area contributed by atoms with Crippen molar-refractivity contribution < 1.29 is 28.5 Å². The molecule has 6 heteroatoms. The van der Waals surface area contributed by atoms with Gasteiger partial charge in [-0.1, -0.05) is 12.1 Å². The Bertz CT molecular complexity index is 708. The quantitative estimate of drug-likeness (QED) is 0.417. The first-order valence-electron chi connectivity index (χ1n) is 7.75. The Labute approximate surface area is 146 Å². The Morgan fingerprint density at radius 2 is 1.72 bits per heavy atom. The van der Waals surface area contributed by atoms with Crippen molar-refractivity contribution in [2.75, 3.05) is 26.9 Å². The van der Waals surface area contributed by atoms with E-state index in [4.69, 9.17) is 18.9 Å². The van der Waals surface area contributed by atoms with Crippen LogP contribution < -0.4 is 9.47 Å². The second-order valence-corrected chi connectivity index (χ2v) is 5.23. The minimum absolute atomic E-state index is 0.183. The normalized spacial score (nSPS) is 10.2. The van der Waals surface area contributed by atoms with Crippen LogP contribution >= 0.6 is 0 Å². The SMILES string of the molecule is COCCOC(=O)c1ccc(OC(=O)COc2cccc(C)c2)cc1. The molecule has 0 aromatic heterocycles. The van der Waals surface area contributed by atoms with Gasteiger partial charge >= 0.3 is 11.9 Å². The van der Waals surface area contributed by atoms with Crippen LogP contribution in [-0.2, 0) is 14.3 Å². The van der Waals surface area contributed by atoms with Crippen molar-refractivity contribution in [3.05, 3.63) is 59.7 Å². The van der Waals surface area contributed by atoms with Gasteiger partial charge in [-0.05, 0) is 48.9 Å². The zero-order valence-corrected chi connectivity index (χ0v) is 14.2. The Morgan fingerprint density at radius 3 is 2.40 bits per heavy atom. The number of hydrogen-bond donors (Lipinski definition) is 0. The van der Waals surface area contributed by atoms with Gasteiger partial charge in [0.25, 0.3) is 0 Å². The average Bonchev–Trinajstić information content (AvgIpc) is 2.61. The van der Waals surface area contributed by atoms with Crippen molar-refractivity contribution >= 4 is 11.9 Å². The Kier molecular flexibility index (Phi) is 6.98. The zero-order chi connectivity index (χ0) is 18.1. The summed E-state index contributed by atoms with van der Waals surface area (Å²) in [7, 11) is 1.53. The maximum Gasteiger partial charge on any atom is 0.349 e. The summed E-state index contributed by atoms with van der Waals surface area (Å²) in [6.07, 6.45) is 0. The van der Waals surface area contributed by atoms with E-state index in [2.05, 4.69) is 0 Å². The third-order valence-electron chi connectivity index (χ3n) is 3.19. The van der Waals surface area contributed by atoms with Crippen molar-refractivity contribution in [2.24, 2.45) is 0 Å². The lowest BCUT2D eigenvalue weighted by Gasteiger charge is -2.08. The molecule has 2 aromatic rings. The van der Waals surface area contributed by atoms with Gasteiger partial charge in [0, 0.05) is 7.11 Å². The number of aryl methyl sites for hydroxylation is 1. The average molecular weight is 344 g/mol. The van der Waals surface area contributed by atoms with Crippen molar-refractivity contribution in [1.29, 1.82) is 0 Å². The molecule has 0 saturated heterocycles. The lowest BCUT2D eigenvalue weighted by Crippen LogP contribution is -2.17. The summed E-state index contributed by atoms with van der Waals surface area (Å²) in [6.45, 7) is 2.25. The predicted molar refractivity (Wildman–Crippen MR) is 90.9 cm³/mol. The predicted octanol–water partition coefficient (Wildman–Crippen LogP) is 2.78. The summed E-state index contributed by atoms with van der Waals surface area (Å²) in [4.78, 5) is 23.5. The lowest BCUT2D eigenvalue weighted by molar-refractivity contribution is -0.136. The highest BCUT2D eigenvalue weighted by molar-refractivity contribution is 5.89. The van der Waals surface area contributed by atoms with Crippen molar-refractivity contribution in [3.63, 3.8) is 0 Å². The van der Waals surface area contributed by atoms with Gasteiger partial charge < -0.3 is 18.9 Å². The van der Waals surface area contributed by atoms with Gasteiger partial charge in [0.15, 0.2) is 6.61 Å². The molecule has 0 bridgehead atoms. The maximum absolute atomic E-state index is 11.8. The monoisotopic (exact) mass is 344 g/mol. The highest BCUT2D eigenvalue weighted by Crippen LogP contribution is 2.15. The van der Waals surface area contributed by atoms with Crippen molar-refractivity contribution in [2.45, 2.75) is 6.92 Å². The number of methoxy groups -OCH3 is 1. The van der Waals surface area contributed by atoms with Gasteiger partial charge in [-0.15, -0.1) is 0 Å². The molecule has 25 heavy (non-hydrogen) atoms. The molecule has 0 fully saturated rings. The molecular formula is C19H20O6. The third-order valence-corrected chi connectivity index (χ3v) is 3.19. The van der Waals surface area contributed by atoms with E-state index in [9.17, 15) is 9.59 Å². The smallest absolute Gasteiger partial charge is 0.349 e. The minimum atomic E-state index is -0.531. The maximum atomic E-state index is 11.8. The first-order valence-corrected chi connectivity index (χ1v) is 7.75. The van der Waals surface area contributed by atoms with Crippen molar-refractivity contribution in [1.82, 2.24) is 0 Å². The summed E-state index contributed by atoms with van der Waals surface area (Å²) in [5, 5.41) is 0. The third kappa shape index (κ3) is 6.27. The highest BCUT2D eigenvalue weighted by Gasteiger charge is 2.10. The number of carbonyl (C=O) groups excluding carboxylic acids is 2. The number of esters is 2. The van der Waals surface area contributed by atoms with E-state index in [-0.39, 0.29) is 13.2 Å². The Balaban J connectivity index is 1.81. The Morgan fingerprint density at radius 1 is 0.960 bits per heavy atom. The van der Waals surface area contributed by atoms with Crippen LogP contribution in [0.15, 0.2) is 48.5 Å². The molecule has 2 rings (SSSR count). The summed E-state index contributed by atoms with van der Waals surface area (Å²) < 4.78 is 20.3. The summed E-state index contributed by atoms with van der Waals surface area (Å²) in [5.74, 6) is -0.0629. The zero-order valence-electron chi connectivity index (χ0n) is 14.2. The molecule has 0 aliphatic rings. The molecule has 0 saturated carbocycles. The number of rotatable bonds is 8. The van der Waals surface area contributed by atoms with Crippen LogP contribution in [0.2, 0.25) is 0 Å². The second kappa shape index (κ2) is 9.44. The van der Waals surface area contributed by atoms with Crippen LogP contribution in [0.5, 0.6) is 11.5 Å². The number of benzene rings is 2. The molecule has 0 amide bonds. The molecule has 0 aliphatic carbocycles. The minimum Gasteiger partial charge on any atom is -0.482 e. The molecule has 0 heterocycles. The van der Waals surface area contributed by atoms with Crippen LogP contribution in [0.1, 0.15) is 15.9 Å². The van der Waals surface area contributed by atoms with Crippen LogP contribution in [-0.4, -0.2) is 38.9 Å². The summed E-state index contributed by atoms with van der Waals surface area (Å²) in [5.41, 5.74) is 1.41. The fraction of sp³-hybridized carbons (Fsp3) is 0.263. The Hall–Kier alpha value is -2.86. The van der Waals surface area contributed by atoms with Crippen molar-refractivity contribution in [3.8, 4) is 11.5 Å².